The molecule has 2 aromatic rings. The topological polar surface area (TPSA) is 50.7 Å². The quantitative estimate of drug-likeness (QED) is 0.657. The highest BCUT2D eigenvalue weighted by Crippen LogP contribution is 2.28. The number of hydrogen-bond donors (Lipinski definition) is 1. The molecular formula is C18H18N2O2. The maximum Gasteiger partial charge on any atom is 0.243 e. The zero-order valence-electron chi connectivity index (χ0n) is 12.2. The van der Waals surface area contributed by atoms with Crippen molar-refractivity contribution < 1.29 is 9.53 Å². The Morgan fingerprint density at radius 2 is 1.86 bits per heavy atom. The number of benzene rings is 2. The number of carbonyl (C=O) groups is 1. The number of carbonyl (C=O) groups excluding carboxylic acids is 1. The molecule has 3 rings (SSSR count). The molecule has 0 heterocycles. The summed E-state index contributed by atoms with van der Waals surface area (Å²) in [5.41, 5.74) is 4.52. The Morgan fingerprint density at radius 1 is 1.14 bits per heavy atom. The van der Waals surface area contributed by atoms with Crippen LogP contribution in [-0.2, 0) is 11.4 Å². The SMILES string of the molecule is O=C(N/N=C\c1ccccc1OCc1ccccc1)C1CC1. The molecule has 2 aromatic carbocycles. The number of amides is 1. The number of nitrogens with one attached hydrogen (secondary N) is 1. The fraction of sp³-hybridized carbons (Fsp3) is 0.222. The molecular weight excluding hydrogens is 276 g/mol. The van der Waals surface area contributed by atoms with Gasteiger partial charge in [0.05, 0.1) is 6.21 Å². The lowest BCUT2D eigenvalue weighted by Gasteiger charge is -2.08. The maximum absolute atomic E-state index is 11.5. The van der Waals surface area contributed by atoms with Crippen molar-refractivity contribution in [1.82, 2.24) is 5.43 Å². The number of rotatable bonds is 6. The van der Waals surface area contributed by atoms with Crippen LogP contribution in [0.3, 0.4) is 0 Å². The van der Waals surface area contributed by atoms with E-state index in [1.807, 2.05) is 54.6 Å². The molecule has 4 heteroatoms. The molecule has 1 aliphatic carbocycles. The third-order valence-electron chi connectivity index (χ3n) is 3.48. The molecule has 0 saturated heterocycles. The van der Waals surface area contributed by atoms with E-state index in [2.05, 4.69) is 10.5 Å². The number of para-hydroxylation sites is 1. The smallest absolute Gasteiger partial charge is 0.243 e. The van der Waals surface area contributed by atoms with Crippen LogP contribution in [-0.4, -0.2) is 12.1 Å². The fourth-order valence-electron chi connectivity index (χ4n) is 2.06. The van der Waals surface area contributed by atoms with Crippen molar-refractivity contribution in [3.05, 3.63) is 65.7 Å². The molecule has 0 atom stereocenters. The van der Waals surface area contributed by atoms with Gasteiger partial charge in [0.2, 0.25) is 5.91 Å². The zero-order valence-corrected chi connectivity index (χ0v) is 12.2. The summed E-state index contributed by atoms with van der Waals surface area (Å²) in [7, 11) is 0. The first kappa shape index (κ1) is 14.3. The van der Waals surface area contributed by atoms with E-state index in [0.29, 0.717) is 6.61 Å². The largest absolute Gasteiger partial charge is 0.488 e. The molecule has 1 saturated carbocycles. The predicted molar refractivity (Wildman–Crippen MR) is 85.7 cm³/mol. The Labute approximate surface area is 129 Å². The van der Waals surface area contributed by atoms with Gasteiger partial charge in [-0.25, -0.2) is 5.43 Å². The lowest BCUT2D eigenvalue weighted by atomic mass is 10.2. The van der Waals surface area contributed by atoms with Gasteiger partial charge < -0.3 is 4.74 Å². The van der Waals surface area contributed by atoms with E-state index in [-0.39, 0.29) is 11.8 Å². The second-order valence-corrected chi connectivity index (χ2v) is 5.32. The van der Waals surface area contributed by atoms with Crippen LogP contribution >= 0.6 is 0 Å². The van der Waals surface area contributed by atoms with Crippen molar-refractivity contribution in [2.24, 2.45) is 11.0 Å². The highest BCUT2D eigenvalue weighted by molar-refractivity contribution is 5.86. The van der Waals surface area contributed by atoms with Gasteiger partial charge in [0, 0.05) is 11.5 Å². The van der Waals surface area contributed by atoms with Crippen molar-refractivity contribution in [3.63, 3.8) is 0 Å². The van der Waals surface area contributed by atoms with Crippen molar-refractivity contribution in [3.8, 4) is 5.75 Å². The van der Waals surface area contributed by atoms with Crippen LogP contribution in [0.5, 0.6) is 5.75 Å². The second kappa shape index (κ2) is 6.89. The highest BCUT2D eigenvalue weighted by Gasteiger charge is 2.29. The average molecular weight is 294 g/mol. The van der Waals surface area contributed by atoms with E-state index < -0.39 is 0 Å². The lowest BCUT2D eigenvalue weighted by molar-refractivity contribution is -0.122. The van der Waals surface area contributed by atoms with Gasteiger partial charge >= 0.3 is 0 Å². The summed E-state index contributed by atoms with van der Waals surface area (Å²) in [5, 5.41) is 4.01. The lowest BCUT2D eigenvalue weighted by Crippen LogP contribution is -2.19. The van der Waals surface area contributed by atoms with Crippen molar-refractivity contribution >= 4 is 12.1 Å². The molecule has 112 valence electrons. The standard InChI is InChI=1S/C18H18N2O2/c21-18(15-10-11-15)20-19-12-16-8-4-5-9-17(16)22-13-14-6-2-1-3-7-14/h1-9,12,15H,10-11,13H2,(H,20,21)/b19-12-. The molecule has 0 bridgehead atoms. The van der Waals surface area contributed by atoms with Gasteiger partial charge in [-0.3, -0.25) is 4.79 Å². The van der Waals surface area contributed by atoms with Gasteiger partial charge in [0.25, 0.3) is 0 Å². The zero-order chi connectivity index (χ0) is 15.2. The van der Waals surface area contributed by atoms with E-state index in [1.54, 1.807) is 6.21 Å². The minimum atomic E-state index is -0.000986. The third-order valence-corrected chi connectivity index (χ3v) is 3.48. The number of hydrogen-bond acceptors (Lipinski definition) is 3. The number of hydrazone groups is 1. The Balaban J connectivity index is 1.61. The van der Waals surface area contributed by atoms with Crippen molar-refractivity contribution in [2.45, 2.75) is 19.4 Å². The fourth-order valence-corrected chi connectivity index (χ4v) is 2.06. The summed E-state index contributed by atoms with van der Waals surface area (Å²) < 4.78 is 5.84. The Hall–Kier alpha value is -2.62. The van der Waals surface area contributed by atoms with E-state index in [0.717, 1.165) is 29.7 Å². The van der Waals surface area contributed by atoms with Gasteiger partial charge in [-0.05, 0) is 30.5 Å². The van der Waals surface area contributed by atoms with E-state index in [1.165, 1.54) is 0 Å². The third kappa shape index (κ3) is 3.95. The molecule has 22 heavy (non-hydrogen) atoms. The van der Waals surface area contributed by atoms with E-state index in [9.17, 15) is 4.79 Å². The van der Waals surface area contributed by atoms with Crippen molar-refractivity contribution in [2.75, 3.05) is 0 Å². The first-order chi connectivity index (χ1) is 10.8. The maximum atomic E-state index is 11.5. The molecule has 0 unspecified atom stereocenters. The predicted octanol–water partition coefficient (Wildman–Crippen LogP) is 3.13. The molecule has 1 N–H and O–H groups in total. The van der Waals surface area contributed by atoms with Crippen molar-refractivity contribution in [1.29, 1.82) is 0 Å². The molecule has 4 nitrogen and oxygen atoms in total. The summed E-state index contributed by atoms with van der Waals surface area (Å²) in [4.78, 5) is 11.5. The molecule has 0 radical (unpaired) electrons. The summed E-state index contributed by atoms with van der Waals surface area (Å²) >= 11 is 0. The van der Waals surface area contributed by atoms with Crippen LogP contribution in [0.2, 0.25) is 0 Å². The van der Waals surface area contributed by atoms with Crippen LogP contribution in [0.15, 0.2) is 59.7 Å². The molecule has 0 spiro atoms. The summed E-state index contributed by atoms with van der Waals surface area (Å²) in [6.45, 7) is 0.500. The van der Waals surface area contributed by atoms with Gasteiger partial charge in [-0.15, -0.1) is 0 Å². The van der Waals surface area contributed by atoms with Gasteiger partial charge in [-0.2, -0.15) is 5.10 Å². The Bertz CT molecular complexity index is 664. The second-order valence-electron chi connectivity index (χ2n) is 5.32. The van der Waals surface area contributed by atoms with Crippen LogP contribution in [0, 0.1) is 5.92 Å². The number of ether oxygens (including phenoxy) is 1. The van der Waals surface area contributed by atoms with Crippen LogP contribution in [0.4, 0.5) is 0 Å². The molecule has 1 fully saturated rings. The summed E-state index contributed by atoms with van der Waals surface area (Å²) in [6, 6.07) is 17.6. The Kier molecular flexibility index (Phi) is 4.49. The monoisotopic (exact) mass is 294 g/mol. The molecule has 0 aliphatic heterocycles. The molecule has 0 aromatic heterocycles. The molecule has 1 amide bonds. The average Bonchev–Trinajstić information content (AvgIpc) is 3.40. The van der Waals surface area contributed by atoms with Gasteiger partial charge in [-0.1, -0.05) is 42.5 Å². The van der Waals surface area contributed by atoms with Crippen LogP contribution in [0.25, 0.3) is 0 Å². The van der Waals surface area contributed by atoms with Crippen LogP contribution < -0.4 is 10.2 Å². The normalized spacial score (nSPS) is 14.0. The summed E-state index contributed by atoms with van der Waals surface area (Å²) in [5.74, 6) is 0.899. The highest BCUT2D eigenvalue weighted by atomic mass is 16.5. The minimum absolute atomic E-state index is 0.000986. The summed E-state index contributed by atoms with van der Waals surface area (Å²) in [6.07, 6.45) is 3.57. The van der Waals surface area contributed by atoms with E-state index in [4.69, 9.17) is 4.74 Å². The molecule has 1 aliphatic rings. The first-order valence-electron chi connectivity index (χ1n) is 7.41. The van der Waals surface area contributed by atoms with E-state index >= 15 is 0 Å². The Morgan fingerprint density at radius 3 is 2.64 bits per heavy atom. The van der Waals surface area contributed by atoms with Gasteiger partial charge in [0.15, 0.2) is 0 Å². The number of nitrogens with zero attached hydrogens (tertiary/aromatic N) is 1. The minimum Gasteiger partial charge on any atom is -0.488 e. The van der Waals surface area contributed by atoms with Gasteiger partial charge in [0.1, 0.15) is 12.4 Å². The first-order valence-corrected chi connectivity index (χ1v) is 7.41. The van der Waals surface area contributed by atoms with Crippen LogP contribution in [0.1, 0.15) is 24.0 Å².